The molecule has 1 N–H and O–H groups in total. The van der Waals surface area contributed by atoms with E-state index in [1.807, 2.05) is 6.07 Å². The third kappa shape index (κ3) is 2.43. The van der Waals surface area contributed by atoms with Gasteiger partial charge in [-0.05, 0) is 12.1 Å². The number of carbonyl (C=O) groups is 2. The third-order valence-corrected chi connectivity index (χ3v) is 3.67. The molecule has 1 aromatic rings. The van der Waals surface area contributed by atoms with Crippen LogP contribution in [0.5, 0.6) is 11.5 Å². The van der Waals surface area contributed by atoms with Gasteiger partial charge in [0.15, 0.2) is 0 Å². The Kier molecular flexibility index (Phi) is 3.76. The van der Waals surface area contributed by atoms with Crippen LogP contribution in [-0.2, 0) is 11.2 Å². The van der Waals surface area contributed by atoms with Crippen molar-refractivity contribution in [1.82, 2.24) is 5.32 Å². The van der Waals surface area contributed by atoms with Gasteiger partial charge in [0.25, 0.3) is 5.24 Å². The fourth-order valence-corrected chi connectivity index (χ4v) is 2.68. The van der Waals surface area contributed by atoms with Gasteiger partial charge in [-0.15, -0.1) is 0 Å². The van der Waals surface area contributed by atoms with Gasteiger partial charge in [-0.1, -0.05) is 17.8 Å². The maximum absolute atomic E-state index is 11.6. The lowest BCUT2D eigenvalue weighted by Crippen LogP contribution is -2.25. The van der Waals surface area contributed by atoms with Gasteiger partial charge in [-0.2, -0.15) is 0 Å². The number of carbonyl (C=O) groups excluding carboxylic acids is 2. The number of ether oxygens (including phenoxy) is 2. The van der Waals surface area contributed by atoms with Crippen LogP contribution in [0.15, 0.2) is 18.2 Å². The van der Waals surface area contributed by atoms with Crippen molar-refractivity contribution < 1.29 is 19.1 Å². The largest absolute Gasteiger partial charge is 0.496 e. The Bertz CT molecular complexity index is 467. The van der Waals surface area contributed by atoms with Gasteiger partial charge in [-0.3, -0.25) is 14.9 Å². The van der Waals surface area contributed by atoms with E-state index in [1.165, 1.54) is 0 Å². The first-order valence-corrected chi connectivity index (χ1v) is 6.25. The second kappa shape index (κ2) is 5.30. The normalized spacial score (nSPS) is 18.7. The topological polar surface area (TPSA) is 64.6 Å². The highest BCUT2D eigenvalue weighted by Crippen LogP contribution is 2.33. The summed E-state index contributed by atoms with van der Waals surface area (Å²) in [4.78, 5) is 22.7. The number of nitrogens with one attached hydrogen (secondary N) is 1. The molecule has 0 aromatic heterocycles. The zero-order chi connectivity index (χ0) is 13.1. The summed E-state index contributed by atoms with van der Waals surface area (Å²) in [6.07, 6.45) is 0.398. The number of hydrogen-bond donors (Lipinski definition) is 1. The molecule has 96 valence electrons. The Labute approximate surface area is 109 Å². The number of thioether (sulfide) groups is 1. The average Bonchev–Trinajstić information content (AvgIpc) is 2.68. The number of imide groups is 1. The van der Waals surface area contributed by atoms with Crippen molar-refractivity contribution in [1.29, 1.82) is 0 Å². The number of amides is 2. The molecule has 1 fully saturated rings. The van der Waals surface area contributed by atoms with Gasteiger partial charge in [0.1, 0.15) is 11.5 Å². The second-order valence-electron chi connectivity index (χ2n) is 3.73. The predicted molar refractivity (Wildman–Crippen MR) is 68.2 cm³/mol. The van der Waals surface area contributed by atoms with Crippen LogP contribution >= 0.6 is 11.8 Å². The summed E-state index contributed by atoms with van der Waals surface area (Å²) in [5.41, 5.74) is 0.796. The van der Waals surface area contributed by atoms with Crippen molar-refractivity contribution in [2.75, 3.05) is 14.2 Å². The lowest BCUT2D eigenvalue weighted by atomic mass is 10.1. The van der Waals surface area contributed by atoms with E-state index in [2.05, 4.69) is 5.32 Å². The van der Waals surface area contributed by atoms with Crippen LogP contribution in [0.2, 0.25) is 0 Å². The van der Waals surface area contributed by atoms with E-state index in [4.69, 9.17) is 9.47 Å². The average molecular weight is 267 g/mol. The molecule has 0 spiro atoms. The Balaban J connectivity index is 2.27. The Morgan fingerprint density at radius 2 is 1.83 bits per heavy atom. The highest BCUT2D eigenvalue weighted by atomic mass is 32.2. The fourth-order valence-electron chi connectivity index (χ4n) is 1.84. The molecule has 0 aliphatic carbocycles. The van der Waals surface area contributed by atoms with Crippen molar-refractivity contribution >= 4 is 22.9 Å². The van der Waals surface area contributed by atoms with Crippen molar-refractivity contribution in [2.45, 2.75) is 11.7 Å². The minimum atomic E-state index is -0.428. The van der Waals surface area contributed by atoms with Gasteiger partial charge in [-0.25, -0.2) is 0 Å². The van der Waals surface area contributed by atoms with E-state index in [0.717, 1.165) is 17.3 Å². The molecule has 1 aliphatic rings. The van der Waals surface area contributed by atoms with E-state index >= 15 is 0 Å². The molecule has 1 heterocycles. The summed E-state index contributed by atoms with van der Waals surface area (Å²) in [7, 11) is 3.12. The van der Waals surface area contributed by atoms with Gasteiger partial charge < -0.3 is 9.47 Å². The maximum Gasteiger partial charge on any atom is 0.286 e. The highest BCUT2D eigenvalue weighted by molar-refractivity contribution is 8.15. The van der Waals surface area contributed by atoms with E-state index in [9.17, 15) is 9.59 Å². The number of rotatable bonds is 4. The SMILES string of the molecule is COc1cccc(OC)c1C[C@@H]1SC(=O)NC1=O. The summed E-state index contributed by atoms with van der Waals surface area (Å²) >= 11 is 0.996. The van der Waals surface area contributed by atoms with Gasteiger partial charge in [0.2, 0.25) is 5.91 Å². The molecule has 0 saturated carbocycles. The monoisotopic (exact) mass is 267 g/mol. The molecular weight excluding hydrogens is 254 g/mol. The minimum Gasteiger partial charge on any atom is -0.496 e. The summed E-state index contributed by atoms with van der Waals surface area (Å²) in [5.74, 6) is 1.04. The van der Waals surface area contributed by atoms with Gasteiger partial charge in [0.05, 0.1) is 19.5 Å². The molecule has 0 radical (unpaired) electrons. The molecule has 1 atom stereocenters. The van der Waals surface area contributed by atoms with Crippen LogP contribution < -0.4 is 14.8 Å². The van der Waals surface area contributed by atoms with Crippen LogP contribution in [0.25, 0.3) is 0 Å². The maximum atomic E-state index is 11.6. The Hall–Kier alpha value is -1.69. The van der Waals surface area contributed by atoms with Crippen molar-refractivity contribution in [2.24, 2.45) is 0 Å². The van der Waals surface area contributed by atoms with E-state index in [-0.39, 0.29) is 11.1 Å². The highest BCUT2D eigenvalue weighted by Gasteiger charge is 2.33. The summed E-state index contributed by atoms with van der Waals surface area (Å²) < 4.78 is 10.5. The van der Waals surface area contributed by atoms with Crippen molar-refractivity contribution in [3.8, 4) is 11.5 Å². The summed E-state index contributed by atoms with van der Waals surface area (Å²) in [6, 6.07) is 5.42. The fraction of sp³-hybridized carbons (Fsp3) is 0.333. The number of benzene rings is 1. The number of hydrogen-bond acceptors (Lipinski definition) is 5. The molecule has 18 heavy (non-hydrogen) atoms. The van der Waals surface area contributed by atoms with E-state index in [0.29, 0.717) is 17.9 Å². The quantitative estimate of drug-likeness (QED) is 0.897. The molecule has 1 aliphatic heterocycles. The molecule has 0 unspecified atom stereocenters. The van der Waals surface area contributed by atoms with E-state index < -0.39 is 5.25 Å². The minimum absolute atomic E-state index is 0.266. The van der Waals surface area contributed by atoms with E-state index in [1.54, 1.807) is 26.4 Å². The first-order valence-electron chi connectivity index (χ1n) is 5.37. The summed E-state index contributed by atoms with van der Waals surface area (Å²) in [5, 5.41) is 1.53. The molecule has 5 nitrogen and oxygen atoms in total. The van der Waals surface area contributed by atoms with Crippen molar-refractivity contribution in [3.63, 3.8) is 0 Å². The molecular formula is C12H13NO4S. The van der Waals surface area contributed by atoms with Crippen LogP contribution in [0.1, 0.15) is 5.56 Å². The predicted octanol–water partition coefficient (Wildman–Crippen LogP) is 1.60. The molecule has 6 heteroatoms. The molecule has 2 amide bonds. The molecule has 2 rings (SSSR count). The lowest BCUT2D eigenvalue weighted by Gasteiger charge is -2.14. The molecule has 1 saturated heterocycles. The van der Waals surface area contributed by atoms with Crippen LogP contribution in [0, 0.1) is 0 Å². The summed E-state index contributed by atoms with van der Waals surface area (Å²) in [6.45, 7) is 0. The Morgan fingerprint density at radius 3 is 2.28 bits per heavy atom. The van der Waals surface area contributed by atoms with Crippen LogP contribution in [0.4, 0.5) is 4.79 Å². The van der Waals surface area contributed by atoms with Crippen LogP contribution in [-0.4, -0.2) is 30.6 Å². The standard InChI is InChI=1S/C12H13NO4S/c1-16-8-4-3-5-9(17-2)7(8)6-10-11(14)13-12(15)18-10/h3-5,10H,6H2,1-2H3,(H,13,14,15)/t10-/m0/s1. The molecule has 1 aromatic carbocycles. The lowest BCUT2D eigenvalue weighted by molar-refractivity contribution is -0.118. The first kappa shape index (κ1) is 12.8. The zero-order valence-corrected chi connectivity index (χ0v) is 10.9. The van der Waals surface area contributed by atoms with Crippen LogP contribution in [0.3, 0.4) is 0 Å². The van der Waals surface area contributed by atoms with Gasteiger partial charge in [0, 0.05) is 12.0 Å². The smallest absolute Gasteiger partial charge is 0.286 e. The molecule has 0 bridgehead atoms. The first-order chi connectivity index (χ1) is 8.65. The zero-order valence-electron chi connectivity index (χ0n) is 10.1. The third-order valence-electron chi connectivity index (χ3n) is 2.69. The Morgan fingerprint density at radius 1 is 1.22 bits per heavy atom. The number of methoxy groups -OCH3 is 2. The van der Waals surface area contributed by atoms with Gasteiger partial charge >= 0.3 is 0 Å². The van der Waals surface area contributed by atoms with Crippen molar-refractivity contribution in [3.05, 3.63) is 23.8 Å². The second-order valence-corrected chi connectivity index (χ2v) is 4.90.